The van der Waals surface area contributed by atoms with Gasteiger partial charge in [0, 0.05) is 24.5 Å². The Morgan fingerprint density at radius 3 is 2.76 bits per heavy atom. The standard InChI is InChI=1S/C14H21N.C2H6/c1-10(2)15-9-12-7-3-5-11-6-4-8-13(15)14(11)12;1-2/h4,6,8,10,12-14H,3,5,7,9H2,1-2H3;1-2H3. The van der Waals surface area contributed by atoms with Gasteiger partial charge in [0.25, 0.3) is 0 Å². The van der Waals surface area contributed by atoms with Crippen molar-refractivity contribution in [1.29, 1.82) is 0 Å². The van der Waals surface area contributed by atoms with Gasteiger partial charge in [-0.25, -0.2) is 0 Å². The second-order valence-electron chi connectivity index (χ2n) is 5.59. The molecule has 0 radical (unpaired) electrons. The van der Waals surface area contributed by atoms with Gasteiger partial charge in [-0.15, -0.1) is 0 Å². The molecule has 1 heteroatoms. The minimum absolute atomic E-state index is 0.699. The highest BCUT2D eigenvalue weighted by Gasteiger charge is 2.44. The first-order valence-electron chi connectivity index (χ1n) is 7.40. The Hall–Kier alpha value is -0.560. The Morgan fingerprint density at radius 1 is 1.29 bits per heavy atom. The Kier molecular flexibility index (Phi) is 4.09. The average molecular weight is 233 g/mol. The Balaban J connectivity index is 0.000000514. The van der Waals surface area contributed by atoms with Gasteiger partial charge in [0.15, 0.2) is 0 Å². The summed E-state index contributed by atoms with van der Waals surface area (Å²) in [6.07, 6.45) is 11.3. The summed E-state index contributed by atoms with van der Waals surface area (Å²) in [4.78, 5) is 2.70. The minimum atomic E-state index is 0.699. The molecule has 3 rings (SSSR count). The molecule has 1 nitrogen and oxygen atoms in total. The third-order valence-corrected chi connectivity index (χ3v) is 4.45. The third-order valence-electron chi connectivity index (χ3n) is 4.45. The molecule has 3 atom stereocenters. The maximum Gasteiger partial charge on any atom is 0.0352 e. The largest absolute Gasteiger partial charge is 0.294 e. The van der Waals surface area contributed by atoms with Crippen LogP contribution in [0.15, 0.2) is 23.8 Å². The maximum atomic E-state index is 2.70. The van der Waals surface area contributed by atoms with Gasteiger partial charge in [0.05, 0.1) is 0 Å². The smallest absolute Gasteiger partial charge is 0.0352 e. The van der Waals surface area contributed by atoms with E-state index >= 15 is 0 Å². The molecular formula is C16H27N. The fourth-order valence-corrected chi connectivity index (χ4v) is 3.79. The van der Waals surface area contributed by atoms with Gasteiger partial charge in [-0.1, -0.05) is 37.6 Å². The van der Waals surface area contributed by atoms with Crippen molar-refractivity contribution in [3.63, 3.8) is 0 Å². The van der Waals surface area contributed by atoms with Gasteiger partial charge in [0.1, 0.15) is 0 Å². The van der Waals surface area contributed by atoms with E-state index in [9.17, 15) is 0 Å². The predicted octanol–water partition coefficient (Wildman–Crippen LogP) is 4.02. The van der Waals surface area contributed by atoms with Crippen LogP contribution in [0.4, 0.5) is 0 Å². The zero-order valence-corrected chi connectivity index (χ0v) is 11.8. The molecule has 0 bridgehead atoms. The van der Waals surface area contributed by atoms with E-state index in [1.165, 1.54) is 25.8 Å². The molecule has 3 aliphatic rings. The monoisotopic (exact) mass is 233 g/mol. The summed E-state index contributed by atoms with van der Waals surface area (Å²) in [6.45, 7) is 10.0. The summed E-state index contributed by atoms with van der Waals surface area (Å²) in [5.74, 6) is 1.81. The van der Waals surface area contributed by atoms with E-state index in [2.05, 4.69) is 37.0 Å². The molecular weight excluding hydrogens is 206 g/mol. The normalized spacial score (nSPS) is 35.1. The molecule has 2 fully saturated rings. The van der Waals surface area contributed by atoms with Crippen LogP contribution in [0.1, 0.15) is 47.0 Å². The number of allylic oxidation sites excluding steroid dienone is 2. The van der Waals surface area contributed by atoms with Crippen LogP contribution in [0.25, 0.3) is 0 Å². The van der Waals surface area contributed by atoms with Gasteiger partial charge in [-0.2, -0.15) is 0 Å². The van der Waals surface area contributed by atoms with Crippen molar-refractivity contribution in [2.24, 2.45) is 11.8 Å². The topological polar surface area (TPSA) is 3.24 Å². The average Bonchev–Trinajstić information content (AvgIpc) is 2.74. The fourth-order valence-electron chi connectivity index (χ4n) is 3.79. The molecule has 17 heavy (non-hydrogen) atoms. The van der Waals surface area contributed by atoms with E-state index in [-0.39, 0.29) is 0 Å². The number of hydrogen-bond acceptors (Lipinski definition) is 1. The Labute approximate surface area is 107 Å². The van der Waals surface area contributed by atoms with E-state index in [4.69, 9.17) is 0 Å². The van der Waals surface area contributed by atoms with Crippen LogP contribution in [0.2, 0.25) is 0 Å². The van der Waals surface area contributed by atoms with Crippen molar-refractivity contribution in [2.75, 3.05) is 6.54 Å². The van der Waals surface area contributed by atoms with Gasteiger partial charge in [-0.3, -0.25) is 4.90 Å². The maximum absolute atomic E-state index is 2.70. The lowest BCUT2D eigenvalue weighted by atomic mass is 9.73. The van der Waals surface area contributed by atoms with Crippen LogP contribution in [0.5, 0.6) is 0 Å². The van der Waals surface area contributed by atoms with Gasteiger partial charge >= 0.3 is 0 Å². The molecule has 3 unspecified atom stereocenters. The van der Waals surface area contributed by atoms with Crippen LogP contribution >= 0.6 is 0 Å². The molecule has 0 N–H and O–H groups in total. The number of rotatable bonds is 1. The molecule has 0 aromatic carbocycles. The Bertz CT molecular complexity index is 313. The zero-order chi connectivity index (χ0) is 12.4. The molecule has 96 valence electrons. The second kappa shape index (κ2) is 5.39. The van der Waals surface area contributed by atoms with Gasteiger partial charge in [-0.05, 0) is 39.0 Å². The SMILES string of the molecule is CC.CC(C)N1CC2CCCC3=CC=CC1C32. The predicted molar refractivity (Wildman–Crippen MR) is 75.0 cm³/mol. The third kappa shape index (κ3) is 2.22. The van der Waals surface area contributed by atoms with Gasteiger partial charge < -0.3 is 0 Å². The molecule has 1 aliphatic heterocycles. The molecule has 0 aromatic rings. The van der Waals surface area contributed by atoms with Crippen LogP contribution in [-0.4, -0.2) is 23.5 Å². The van der Waals surface area contributed by atoms with E-state index in [0.717, 1.165) is 17.9 Å². The van der Waals surface area contributed by atoms with E-state index < -0.39 is 0 Å². The van der Waals surface area contributed by atoms with Crippen LogP contribution in [0, 0.1) is 11.8 Å². The van der Waals surface area contributed by atoms with Crippen LogP contribution in [0.3, 0.4) is 0 Å². The molecule has 0 amide bonds. The molecule has 0 aromatic heterocycles. The van der Waals surface area contributed by atoms with Crippen molar-refractivity contribution in [3.05, 3.63) is 23.8 Å². The summed E-state index contributed by atoms with van der Waals surface area (Å²) in [5.41, 5.74) is 1.74. The lowest BCUT2D eigenvalue weighted by Gasteiger charge is -2.34. The van der Waals surface area contributed by atoms with Crippen molar-refractivity contribution in [3.8, 4) is 0 Å². The first-order valence-corrected chi connectivity index (χ1v) is 7.40. The quantitative estimate of drug-likeness (QED) is 0.661. The summed E-state index contributed by atoms with van der Waals surface area (Å²) in [7, 11) is 0. The summed E-state index contributed by atoms with van der Waals surface area (Å²) in [6, 6.07) is 1.42. The van der Waals surface area contributed by atoms with E-state index in [0.29, 0.717) is 6.04 Å². The highest BCUT2D eigenvalue weighted by Crippen LogP contribution is 2.46. The summed E-state index contributed by atoms with van der Waals surface area (Å²) < 4.78 is 0. The molecule has 1 saturated heterocycles. The first-order chi connectivity index (χ1) is 8.27. The van der Waals surface area contributed by atoms with Crippen molar-refractivity contribution < 1.29 is 0 Å². The van der Waals surface area contributed by atoms with E-state index in [1.807, 2.05) is 13.8 Å². The minimum Gasteiger partial charge on any atom is -0.294 e. The van der Waals surface area contributed by atoms with E-state index in [1.54, 1.807) is 5.57 Å². The van der Waals surface area contributed by atoms with Crippen molar-refractivity contribution in [2.45, 2.75) is 59.0 Å². The highest BCUT2D eigenvalue weighted by atomic mass is 15.2. The number of nitrogens with zero attached hydrogens (tertiary/aromatic N) is 1. The fraction of sp³-hybridized carbons (Fsp3) is 0.750. The van der Waals surface area contributed by atoms with Crippen molar-refractivity contribution in [1.82, 2.24) is 4.90 Å². The lowest BCUT2D eigenvalue weighted by molar-refractivity contribution is 0.220. The van der Waals surface area contributed by atoms with Crippen molar-refractivity contribution >= 4 is 0 Å². The summed E-state index contributed by atoms with van der Waals surface area (Å²) in [5, 5.41) is 0. The van der Waals surface area contributed by atoms with Gasteiger partial charge in [0.2, 0.25) is 0 Å². The number of likely N-dealkylation sites (tertiary alicyclic amines) is 1. The first kappa shape index (κ1) is 12.9. The zero-order valence-electron chi connectivity index (χ0n) is 11.8. The molecule has 0 spiro atoms. The Morgan fingerprint density at radius 2 is 2.06 bits per heavy atom. The molecule has 1 saturated carbocycles. The summed E-state index contributed by atoms with van der Waals surface area (Å²) >= 11 is 0. The number of hydrogen-bond donors (Lipinski definition) is 0. The van der Waals surface area contributed by atoms with Crippen LogP contribution in [-0.2, 0) is 0 Å². The molecule has 1 heterocycles. The second-order valence-corrected chi connectivity index (χ2v) is 5.59. The molecule has 2 aliphatic carbocycles. The lowest BCUT2D eigenvalue weighted by Crippen LogP contribution is -2.37. The van der Waals surface area contributed by atoms with Crippen LogP contribution < -0.4 is 0 Å². The highest BCUT2D eigenvalue weighted by molar-refractivity contribution is 5.30.